The molecule has 0 aromatic carbocycles. The van der Waals surface area contributed by atoms with Gasteiger partial charge in [-0.05, 0) is 12.5 Å². The summed E-state index contributed by atoms with van der Waals surface area (Å²) in [7, 11) is 0. The van der Waals surface area contributed by atoms with Gasteiger partial charge in [0.05, 0.1) is 0 Å². The molecule has 0 saturated carbocycles. The molecule has 0 N–H and O–H groups in total. The highest BCUT2D eigenvalue weighted by Crippen LogP contribution is 2.10. The van der Waals surface area contributed by atoms with Crippen molar-refractivity contribution < 1.29 is 4.79 Å². The highest BCUT2D eigenvalue weighted by molar-refractivity contribution is 5.78. The van der Waals surface area contributed by atoms with Gasteiger partial charge in [0.25, 0.3) is 0 Å². The molecule has 0 saturated heterocycles. The minimum absolute atomic E-state index is 0.00489. The Balaban J connectivity index is 2.65. The first kappa shape index (κ1) is 10.8. The Morgan fingerprint density at radius 1 is 1.47 bits per heavy atom. The Morgan fingerprint density at radius 3 is 2.82 bits per heavy atom. The zero-order valence-electron chi connectivity index (χ0n) is 9.01. The molecule has 0 amide bonds. The molecule has 0 aliphatic heterocycles. The molecule has 2 aromatic rings. The van der Waals surface area contributed by atoms with Crippen molar-refractivity contribution in [3.05, 3.63) is 29.3 Å². The predicted octanol–water partition coefficient (Wildman–Crippen LogP) is 0.604. The lowest BCUT2D eigenvalue weighted by Gasteiger charge is -1.98. The number of carbonyl (C=O) groups is 1. The van der Waals surface area contributed by atoms with Crippen LogP contribution in [0.5, 0.6) is 0 Å². The summed E-state index contributed by atoms with van der Waals surface area (Å²) in [5.74, 6) is 0.288. The second-order valence-corrected chi connectivity index (χ2v) is 3.54. The van der Waals surface area contributed by atoms with Crippen LogP contribution >= 0.6 is 0 Å². The Kier molecular flexibility index (Phi) is 2.55. The number of nitrogens with zero attached hydrogens (tertiary/aromatic N) is 5. The highest BCUT2D eigenvalue weighted by Gasteiger charge is 2.12. The van der Waals surface area contributed by atoms with E-state index in [-0.39, 0.29) is 29.4 Å². The normalized spacial score (nSPS) is 9.82. The van der Waals surface area contributed by atoms with E-state index in [9.17, 15) is 4.79 Å². The lowest BCUT2D eigenvalue weighted by Crippen LogP contribution is -2.00. The Labute approximate surface area is 96.8 Å². The molecule has 0 bridgehead atoms. The number of nitriles is 2. The first-order chi connectivity index (χ1) is 8.15. The number of carbonyl (C=O) groups excluding carboxylic acids is 1. The highest BCUT2D eigenvalue weighted by atomic mass is 16.1. The summed E-state index contributed by atoms with van der Waals surface area (Å²) in [5, 5.41) is 17.8. The van der Waals surface area contributed by atoms with E-state index in [0.29, 0.717) is 5.56 Å². The average Bonchev–Trinajstić information content (AvgIpc) is 2.65. The van der Waals surface area contributed by atoms with Crippen LogP contribution in [-0.2, 0) is 11.2 Å². The van der Waals surface area contributed by atoms with E-state index in [4.69, 9.17) is 10.5 Å². The van der Waals surface area contributed by atoms with Crippen LogP contribution in [0.2, 0.25) is 0 Å². The zero-order valence-corrected chi connectivity index (χ0v) is 9.01. The zero-order chi connectivity index (χ0) is 12.4. The molecule has 6 heteroatoms. The van der Waals surface area contributed by atoms with Crippen molar-refractivity contribution in [1.29, 1.82) is 10.5 Å². The molecule has 82 valence electrons. The summed E-state index contributed by atoms with van der Waals surface area (Å²) >= 11 is 0. The van der Waals surface area contributed by atoms with Crippen molar-refractivity contribution in [2.75, 3.05) is 0 Å². The molecule has 0 fully saturated rings. The smallest absolute Gasteiger partial charge is 0.236 e. The topological polar surface area (TPSA) is 94.8 Å². The van der Waals surface area contributed by atoms with Crippen molar-refractivity contribution in [3.8, 4) is 12.1 Å². The monoisotopic (exact) mass is 225 g/mol. The van der Waals surface area contributed by atoms with Crippen LogP contribution in [0.25, 0.3) is 5.78 Å². The standard InChI is InChI=1S/C11H7N5O/c1-7(17)2-8-5-14-11-15-9(3-12)10(4-13)16(11)6-8/h5-6H,2H2,1H3. The number of rotatable bonds is 2. The molecule has 2 rings (SSSR count). The fourth-order valence-electron chi connectivity index (χ4n) is 1.54. The number of hydrogen-bond acceptors (Lipinski definition) is 5. The van der Waals surface area contributed by atoms with Gasteiger partial charge in [-0.1, -0.05) is 0 Å². The molecule has 2 aromatic heterocycles. The quantitative estimate of drug-likeness (QED) is 0.745. The molecular formula is C11H7N5O. The summed E-state index contributed by atoms with van der Waals surface area (Å²) in [6.07, 6.45) is 3.37. The molecule has 6 nitrogen and oxygen atoms in total. The summed E-state index contributed by atoms with van der Waals surface area (Å²) in [5.41, 5.74) is 0.865. The second-order valence-electron chi connectivity index (χ2n) is 3.54. The summed E-state index contributed by atoms with van der Waals surface area (Å²) in [4.78, 5) is 18.9. The molecule has 2 heterocycles. The minimum atomic E-state index is 0.00489. The molecule has 0 unspecified atom stereocenters. The Bertz CT molecular complexity index is 686. The number of fused-ring (bicyclic) bond motifs is 1. The maximum Gasteiger partial charge on any atom is 0.236 e. The summed E-state index contributed by atoms with van der Waals surface area (Å²) in [6.45, 7) is 1.48. The fraction of sp³-hybridized carbons (Fsp3) is 0.182. The maximum atomic E-state index is 11.0. The van der Waals surface area contributed by atoms with Gasteiger partial charge >= 0.3 is 0 Å². The Morgan fingerprint density at radius 2 is 2.24 bits per heavy atom. The molecule has 0 spiro atoms. The molecule has 0 radical (unpaired) electrons. The van der Waals surface area contributed by atoms with Gasteiger partial charge < -0.3 is 0 Å². The average molecular weight is 225 g/mol. The van der Waals surface area contributed by atoms with Crippen LogP contribution in [0, 0.1) is 22.7 Å². The summed E-state index contributed by atoms with van der Waals surface area (Å²) in [6, 6.07) is 3.74. The maximum absolute atomic E-state index is 11.0. The number of Topliss-reactive ketones (excluding diaryl/α,β-unsaturated/α-hetero) is 1. The van der Waals surface area contributed by atoms with Crippen molar-refractivity contribution in [2.24, 2.45) is 0 Å². The molecule has 17 heavy (non-hydrogen) atoms. The van der Waals surface area contributed by atoms with Gasteiger partial charge in [0, 0.05) is 18.8 Å². The van der Waals surface area contributed by atoms with Gasteiger partial charge in [-0.15, -0.1) is 0 Å². The molecule has 0 aliphatic rings. The van der Waals surface area contributed by atoms with Crippen LogP contribution in [0.15, 0.2) is 12.4 Å². The van der Waals surface area contributed by atoms with E-state index in [1.54, 1.807) is 6.20 Å². The second kappa shape index (κ2) is 4.03. The fourth-order valence-corrected chi connectivity index (χ4v) is 1.54. The SMILES string of the molecule is CC(=O)Cc1cnc2nc(C#N)c(C#N)n2c1. The van der Waals surface area contributed by atoms with E-state index in [0.717, 1.165) is 0 Å². The lowest BCUT2D eigenvalue weighted by atomic mass is 10.2. The molecule has 0 atom stereocenters. The lowest BCUT2D eigenvalue weighted by molar-refractivity contribution is -0.116. The van der Waals surface area contributed by atoms with Gasteiger partial charge in [0.2, 0.25) is 5.78 Å². The Hall–Kier alpha value is -2.73. The number of aromatic nitrogens is 3. The largest absolute Gasteiger partial charge is 0.300 e. The van der Waals surface area contributed by atoms with Gasteiger partial charge in [0.15, 0.2) is 11.4 Å². The van der Waals surface area contributed by atoms with Gasteiger partial charge in [-0.3, -0.25) is 9.20 Å². The van der Waals surface area contributed by atoms with Crippen LogP contribution < -0.4 is 0 Å². The molecular weight excluding hydrogens is 218 g/mol. The minimum Gasteiger partial charge on any atom is -0.300 e. The van der Waals surface area contributed by atoms with E-state index in [1.165, 1.54) is 17.5 Å². The predicted molar refractivity (Wildman–Crippen MR) is 56.8 cm³/mol. The third-order valence-corrected chi connectivity index (χ3v) is 2.20. The first-order valence-electron chi connectivity index (χ1n) is 4.82. The number of imidazole rings is 1. The van der Waals surface area contributed by atoms with Gasteiger partial charge in [0.1, 0.15) is 17.9 Å². The van der Waals surface area contributed by atoms with Crippen LogP contribution in [0.1, 0.15) is 23.9 Å². The van der Waals surface area contributed by atoms with Crippen molar-refractivity contribution in [3.63, 3.8) is 0 Å². The van der Waals surface area contributed by atoms with Gasteiger partial charge in [-0.2, -0.15) is 15.5 Å². The van der Waals surface area contributed by atoms with E-state index in [1.807, 2.05) is 12.1 Å². The van der Waals surface area contributed by atoms with Crippen LogP contribution in [0.3, 0.4) is 0 Å². The summed E-state index contributed by atoms with van der Waals surface area (Å²) < 4.78 is 1.43. The van der Waals surface area contributed by atoms with Crippen molar-refractivity contribution >= 4 is 11.6 Å². The van der Waals surface area contributed by atoms with Crippen LogP contribution in [0.4, 0.5) is 0 Å². The van der Waals surface area contributed by atoms with Gasteiger partial charge in [-0.25, -0.2) is 4.98 Å². The number of ketones is 1. The first-order valence-corrected chi connectivity index (χ1v) is 4.82. The van der Waals surface area contributed by atoms with E-state index in [2.05, 4.69) is 9.97 Å². The molecule has 0 aliphatic carbocycles. The van der Waals surface area contributed by atoms with Crippen molar-refractivity contribution in [1.82, 2.24) is 14.4 Å². The van der Waals surface area contributed by atoms with E-state index >= 15 is 0 Å². The van der Waals surface area contributed by atoms with Crippen LogP contribution in [-0.4, -0.2) is 20.2 Å². The third-order valence-electron chi connectivity index (χ3n) is 2.20. The van der Waals surface area contributed by atoms with Crippen molar-refractivity contribution in [2.45, 2.75) is 13.3 Å². The third kappa shape index (κ3) is 1.84. The number of hydrogen-bond donors (Lipinski definition) is 0. The van der Waals surface area contributed by atoms with E-state index < -0.39 is 0 Å².